The Kier molecular flexibility index (Phi) is 3.96. The van der Waals surface area contributed by atoms with E-state index in [4.69, 9.17) is 4.42 Å². The zero-order chi connectivity index (χ0) is 16.4. The number of carbonyl (C=O) groups is 1. The summed E-state index contributed by atoms with van der Waals surface area (Å²) in [4.78, 5) is 12.2. The fraction of sp³-hybridized carbons (Fsp3) is 0.333. The third-order valence-corrected chi connectivity index (χ3v) is 3.50. The molecule has 0 saturated carbocycles. The lowest BCUT2D eigenvalue weighted by atomic mass is 10.2. The molecular formula is C15H18N6O2. The van der Waals surface area contributed by atoms with Gasteiger partial charge in [0.2, 0.25) is 0 Å². The summed E-state index contributed by atoms with van der Waals surface area (Å²) >= 11 is 0. The number of nitrogens with one attached hydrogen (secondary N) is 1. The molecule has 0 aliphatic carbocycles. The van der Waals surface area contributed by atoms with E-state index in [0.29, 0.717) is 6.54 Å². The summed E-state index contributed by atoms with van der Waals surface area (Å²) in [6.45, 7) is 4.24. The second-order valence-corrected chi connectivity index (χ2v) is 5.39. The summed E-state index contributed by atoms with van der Waals surface area (Å²) in [6.07, 6.45) is 3.18. The fourth-order valence-corrected chi connectivity index (χ4v) is 2.48. The number of hydrogen-bond acceptors (Lipinski definition) is 5. The highest BCUT2D eigenvalue weighted by molar-refractivity contribution is 5.91. The average Bonchev–Trinajstić information content (AvgIpc) is 3.22. The minimum atomic E-state index is -0.281. The highest BCUT2D eigenvalue weighted by Gasteiger charge is 2.21. The fourth-order valence-electron chi connectivity index (χ4n) is 2.48. The molecule has 0 aromatic carbocycles. The highest BCUT2D eigenvalue weighted by Crippen LogP contribution is 2.20. The van der Waals surface area contributed by atoms with Crippen LogP contribution in [0.15, 0.2) is 35.1 Å². The number of hydrogen-bond donors (Lipinski definition) is 1. The normalized spacial score (nSPS) is 12.3. The molecule has 3 aromatic rings. The molecule has 8 heteroatoms. The van der Waals surface area contributed by atoms with Crippen molar-refractivity contribution in [3.05, 3.63) is 53.5 Å². The molecule has 0 saturated heterocycles. The molecule has 0 unspecified atom stereocenters. The van der Waals surface area contributed by atoms with Crippen molar-refractivity contribution >= 4 is 5.91 Å². The van der Waals surface area contributed by atoms with Crippen LogP contribution in [0.3, 0.4) is 0 Å². The third-order valence-electron chi connectivity index (χ3n) is 3.50. The number of amides is 1. The van der Waals surface area contributed by atoms with Crippen LogP contribution in [-0.2, 0) is 7.05 Å². The van der Waals surface area contributed by atoms with E-state index in [9.17, 15) is 4.79 Å². The second-order valence-electron chi connectivity index (χ2n) is 5.39. The van der Waals surface area contributed by atoms with Crippen LogP contribution in [0.2, 0.25) is 0 Å². The van der Waals surface area contributed by atoms with Gasteiger partial charge in [-0.05, 0) is 32.0 Å². The topological polar surface area (TPSA) is 90.8 Å². The van der Waals surface area contributed by atoms with E-state index in [1.807, 2.05) is 36.7 Å². The maximum atomic E-state index is 12.2. The van der Waals surface area contributed by atoms with Crippen molar-refractivity contribution in [2.24, 2.45) is 7.05 Å². The molecule has 0 fully saturated rings. The molecule has 8 nitrogen and oxygen atoms in total. The molecule has 23 heavy (non-hydrogen) atoms. The molecule has 120 valence electrons. The van der Waals surface area contributed by atoms with Gasteiger partial charge in [-0.25, -0.2) is 0 Å². The van der Waals surface area contributed by atoms with Crippen molar-refractivity contribution in [1.29, 1.82) is 0 Å². The number of rotatable bonds is 5. The van der Waals surface area contributed by atoms with E-state index in [1.165, 1.54) is 4.68 Å². The van der Waals surface area contributed by atoms with Crippen molar-refractivity contribution in [2.45, 2.75) is 19.9 Å². The molecule has 3 rings (SSSR count). The summed E-state index contributed by atoms with van der Waals surface area (Å²) in [7, 11) is 1.71. The van der Waals surface area contributed by atoms with Gasteiger partial charge in [-0.1, -0.05) is 5.21 Å². The predicted molar refractivity (Wildman–Crippen MR) is 81.9 cm³/mol. The van der Waals surface area contributed by atoms with E-state index < -0.39 is 0 Å². The Bertz CT molecular complexity index is 802. The molecule has 0 aliphatic rings. The van der Waals surface area contributed by atoms with Crippen molar-refractivity contribution in [3.63, 3.8) is 0 Å². The summed E-state index contributed by atoms with van der Waals surface area (Å²) in [5, 5.41) is 14.9. The Balaban J connectivity index is 1.80. The van der Waals surface area contributed by atoms with Crippen LogP contribution in [0.1, 0.15) is 33.7 Å². The standard InChI is InChI=1S/C15H18N6O2/c1-10-7-11(2)21(18-10)13(14-5-4-6-23-14)8-16-15(22)12-9-20(3)19-17-12/h4-7,9,13H,8H2,1-3H3,(H,16,22)/t13-/m1/s1. The first kappa shape index (κ1) is 15.0. The van der Waals surface area contributed by atoms with E-state index >= 15 is 0 Å². The zero-order valence-corrected chi connectivity index (χ0v) is 13.2. The summed E-state index contributed by atoms with van der Waals surface area (Å²) < 4.78 is 8.85. The van der Waals surface area contributed by atoms with Crippen LogP contribution in [0.4, 0.5) is 0 Å². The van der Waals surface area contributed by atoms with E-state index in [2.05, 4.69) is 20.7 Å². The van der Waals surface area contributed by atoms with Gasteiger partial charge in [0.1, 0.15) is 11.8 Å². The average molecular weight is 314 g/mol. The van der Waals surface area contributed by atoms with Gasteiger partial charge >= 0.3 is 0 Å². The van der Waals surface area contributed by atoms with Gasteiger partial charge in [-0.2, -0.15) is 5.10 Å². The molecule has 0 aliphatic heterocycles. The Hall–Kier alpha value is -2.90. The van der Waals surface area contributed by atoms with Gasteiger partial charge in [0, 0.05) is 19.3 Å². The quantitative estimate of drug-likeness (QED) is 0.765. The van der Waals surface area contributed by atoms with Gasteiger partial charge in [0.15, 0.2) is 5.69 Å². The maximum absolute atomic E-state index is 12.2. The van der Waals surface area contributed by atoms with Gasteiger partial charge in [-0.3, -0.25) is 14.2 Å². The maximum Gasteiger partial charge on any atom is 0.273 e. The molecule has 0 radical (unpaired) electrons. The molecule has 3 aromatic heterocycles. The number of carbonyl (C=O) groups excluding carboxylic acids is 1. The lowest BCUT2D eigenvalue weighted by molar-refractivity contribution is 0.0943. The third kappa shape index (κ3) is 3.15. The SMILES string of the molecule is Cc1cc(C)n([C@H](CNC(=O)c2cn(C)nn2)c2ccco2)n1. The van der Waals surface area contributed by atoms with Gasteiger partial charge in [0.25, 0.3) is 5.91 Å². The zero-order valence-electron chi connectivity index (χ0n) is 13.2. The van der Waals surface area contributed by atoms with Crippen LogP contribution in [-0.4, -0.2) is 37.2 Å². The number of furan rings is 1. The van der Waals surface area contributed by atoms with Crippen LogP contribution in [0.25, 0.3) is 0 Å². The van der Waals surface area contributed by atoms with Crippen molar-refractivity contribution in [3.8, 4) is 0 Å². The second kappa shape index (κ2) is 6.07. The summed E-state index contributed by atoms with van der Waals surface area (Å²) in [5.74, 6) is 0.451. The predicted octanol–water partition coefficient (Wildman–Crippen LogP) is 1.24. The lowest BCUT2D eigenvalue weighted by Gasteiger charge is -2.17. The Morgan fingerprint density at radius 1 is 1.43 bits per heavy atom. The Morgan fingerprint density at radius 3 is 2.83 bits per heavy atom. The minimum absolute atomic E-state index is 0.223. The van der Waals surface area contributed by atoms with E-state index in [-0.39, 0.29) is 17.6 Å². The molecule has 0 bridgehead atoms. The highest BCUT2D eigenvalue weighted by atomic mass is 16.3. The molecular weight excluding hydrogens is 296 g/mol. The first-order chi connectivity index (χ1) is 11.0. The van der Waals surface area contributed by atoms with Crippen LogP contribution in [0.5, 0.6) is 0 Å². The largest absolute Gasteiger partial charge is 0.467 e. The molecule has 0 spiro atoms. The first-order valence-corrected chi connectivity index (χ1v) is 7.25. The summed E-state index contributed by atoms with van der Waals surface area (Å²) in [5.41, 5.74) is 2.19. The van der Waals surface area contributed by atoms with Crippen molar-refractivity contribution in [1.82, 2.24) is 30.1 Å². The van der Waals surface area contributed by atoms with Crippen molar-refractivity contribution in [2.75, 3.05) is 6.54 Å². The van der Waals surface area contributed by atoms with Gasteiger partial charge in [-0.15, -0.1) is 5.10 Å². The molecule has 1 atom stereocenters. The smallest absolute Gasteiger partial charge is 0.273 e. The van der Waals surface area contributed by atoms with Gasteiger partial charge < -0.3 is 9.73 Å². The monoisotopic (exact) mass is 314 g/mol. The van der Waals surface area contributed by atoms with E-state index in [0.717, 1.165) is 17.1 Å². The molecule has 3 heterocycles. The molecule has 1 N–H and O–H groups in total. The summed E-state index contributed by atoms with van der Waals surface area (Å²) in [6, 6.07) is 5.45. The number of aryl methyl sites for hydroxylation is 3. The number of aromatic nitrogens is 5. The lowest BCUT2D eigenvalue weighted by Crippen LogP contribution is -2.32. The Morgan fingerprint density at radius 2 is 2.26 bits per heavy atom. The number of nitrogens with zero attached hydrogens (tertiary/aromatic N) is 5. The van der Waals surface area contributed by atoms with Crippen LogP contribution in [0, 0.1) is 13.8 Å². The molecule has 1 amide bonds. The van der Waals surface area contributed by atoms with Crippen LogP contribution >= 0.6 is 0 Å². The van der Waals surface area contributed by atoms with E-state index in [1.54, 1.807) is 19.5 Å². The Labute approximate surface area is 133 Å². The first-order valence-electron chi connectivity index (χ1n) is 7.25. The van der Waals surface area contributed by atoms with Crippen molar-refractivity contribution < 1.29 is 9.21 Å². The minimum Gasteiger partial charge on any atom is -0.467 e. The van der Waals surface area contributed by atoms with Gasteiger partial charge in [0.05, 0.1) is 18.2 Å². The van der Waals surface area contributed by atoms with Crippen LogP contribution < -0.4 is 5.32 Å².